The highest BCUT2D eigenvalue weighted by Gasteiger charge is 2.10. The Hall–Kier alpha value is -1.55. The van der Waals surface area contributed by atoms with Gasteiger partial charge in [-0.15, -0.1) is 0 Å². The van der Waals surface area contributed by atoms with Crippen molar-refractivity contribution in [3.8, 4) is 0 Å². The molecule has 4 heteroatoms. The van der Waals surface area contributed by atoms with E-state index in [1.807, 2.05) is 24.3 Å². The number of aryl methyl sites for hydroxylation is 1. The van der Waals surface area contributed by atoms with E-state index in [9.17, 15) is 4.79 Å². The average molecular weight is 335 g/mol. The Morgan fingerprint density at radius 2 is 2.00 bits per heavy atom. The van der Waals surface area contributed by atoms with E-state index in [4.69, 9.17) is 0 Å². The van der Waals surface area contributed by atoms with Gasteiger partial charge in [0.1, 0.15) is 0 Å². The molecule has 1 N–H and O–H groups in total. The van der Waals surface area contributed by atoms with E-state index >= 15 is 0 Å². The Balaban J connectivity index is 1.95. The molecule has 0 aliphatic carbocycles. The van der Waals surface area contributed by atoms with E-state index in [1.165, 1.54) is 17.0 Å². The fourth-order valence-corrected chi connectivity index (χ4v) is 2.70. The first kappa shape index (κ1) is 14.9. The lowest BCUT2D eigenvalue weighted by Crippen LogP contribution is -2.26. The second kappa shape index (κ2) is 6.27. The summed E-state index contributed by atoms with van der Waals surface area (Å²) in [4.78, 5) is 12.1. The molecule has 0 bridgehead atoms. The summed E-state index contributed by atoms with van der Waals surface area (Å²) in [6.45, 7) is 4.85. The van der Waals surface area contributed by atoms with Crippen LogP contribution in [0.5, 0.6) is 0 Å². The maximum atomic E-state index is 12.1. The average Bonchev–Trinajstić information content (AvgIpc) is 2.67. The molecule has 2 aromatic rings. The number of hydrogen-bond donors (Lipinski definition) is 1. The minimum atomic E-state index is -0.0391. The van der Waals surface area contributed by atoms with Crippen molar-refractivity contribution >= 4 is 21.8 Å². The van der Waals surface area contributed by atoms with Crippen molar-refractivity contribution in [2.45, 2.75) is 20.3 Å². The largest absolute Gasteiger partial charge is 0.352 e. The van der Waals surface area contributed by atoms with Crippen LogP contribution in [0.3, 0.4) is 0 Å². The van der Waals surface area contributed by atoms with Crippen LogP contribution in [-0.2, 0) is 13.5 Å². The van der Waals surface area contributed by atoms with Gasteiger partial charge in [-0.25, -0.2) is 0 Å². The highest BCUT2D eigenvalue weighted by atomic mass is 79.9. The van der Waals surface area contributed by atoms with E-state index in [1.54, 1.807) is 0 Å². The van der Waals surface area contributed by atoms with Crippen LogP contribution < -0.4 is 5.32 Å². The molecule has 0 fully saturated rings. The highest BCUT2D eigenvalue weighted by molar-refractivity contribution is 9.10. The topological polar surface area (TPSA) is 34.0 Å². The van der Waals surface area contributed by atoms with Crippen molar-refractivity contribution in [1.82, 2.24) is 9.88 Å². The molecule has 1 amide bonds. The summed E-state index contributed by atoms with van der Waals surface area (Å²) >= 11 is 3.39. The minimum absolute atomic E-state index is 0.0391. The maximum Gasteiger partial charge on any atom is 0.252 e. The molecule has 0 aliphatic heterocycles. The summed E-state index contributed by atoms with van der Waals surface area (Å²) < 4.78 is 2.99. The zero-order valence-electron chi connectivity index (χ0n) is 12.0. The molecule has 0 spiro atoms. The van der Waals surface area contributed by atoms with Crippen LogP contribution in [0.25, 0.3) is 0 Å². The second-order valence-corrected chi connectivity index (χ2v) is 5.80. The summed E-state index contributed by atoms with van der Waals surface area (Å²) in [5.41, 5.74) is 4.47. The quantitative estimate of drug-likeness (QED) is 0.913. The third-order valence-electron chi connectivity index (χ3n) is 3.68. The molecule has 106 valence electrons. The van der Waals surface area contributed by atoms with Crippen molar-refractivity contribution in [2.24, 2.45) is 7.05 Å². The van der Waals surface area contributed by atoms with Crippen LogP contribution in [0.15, 0.2) is 34.8 Å². The van der Waals surface area contributed by atoms with E-state index in [0.29, 0.717) is 12.1 Å². The first-order chi connectivity index (χ1) is 9.50. The Labute approximate surface area is 128 Å². The standard InChI is InChI=1S/C16H19BrN2O/c1-11-10-13(12(2)19(11)3)8-9-18-16(20)14-6-4-5-7-15(14)17/h4-7,10H,8-9H2,1-3H3,(H,18,20). The third-order valence-corrected chi connectivity index (χ3v) is 4.37. The van der Waals surface area contributed by atoms with Crippen LogP contribution in [0.2, 0.25) is 0 Å². The summed E-state index contributed by atoms with van der Waals surface area (Å²) in [5.74, 6) is -0.0391. The van der Waals surface area contributed by atoms with Crippen molar-refractivity contribution in [3.63, 3.8) is 0 Å². The predicted octanol–water partition coefficient (Wildman–Crippen LogP) is 3.38. The number of benzene rings is 1. The van der Waals surface area contributed by atoms with Gasteiger partial charge in [0.25, 0.3) is 5.91 Å². The molecule has 0 atom stereocenters. The Morgan fingerprint density at radius 1 is 1.30 bits per heavy atom. The van der Waals surface area contributed by atoms with Gasteiger partial charge in [0, 0.05) is 29.5 Å². The molecule has 20 heavy (non-hydrogen) atoms. The van der Waals surface area contributed by atoms with E-state index in [0.717, 1.165) is 10.9 Å². The zero-order valence-corrected chi connectivity index (χ0v) is 13.6. The first-order valence-corrected chi connectivity index (χ1v) is 7.44. The van der Waals surface area contributed by atoms with E-state index < -0.39 is 0 Å². The van der Waals surface area contributed by atoms with E-state index in [-0.39, 0.29) is 5.91 Å². The maximum absolute atomic E-state index is 12.1. The lowest BCUT2D eigenvalue weighted by molar-refractivity contribution is 0.0953. The molecular formula is C16H19BrN2O. The highest BCUT2D eigenvalue weighted by Crippen LogP contribution is 2.16. The summed E-state index contributed by atoms with van der Waals surface area (Å²) in [7, 11) is 2.06. The fourth-order valence-electron chi connectivity index (χ4n) is 2.24. The van der Waals surface area contributed by atoms with Gasteiger partial charge < -0.3 is 9.88 Å². The van der Waals surface area contributed by atoms with Gasteiger partial charge in [-0.3, -0.25) is 4.79 Å². The summed E-state index contributed by atoms with van der Waals surface area (Å²) in [6.07, 6.45) is 0.851. The number of carbonyl (C=O) groups is 1. The van der Waals surface area contributed by atoms with Gasteiger partial charge in [0.15, 0.2) is 0 Å². The lowest BCUT2D eigenvalue weighted by Gasteiger charge is -2.07. The Kier molecular flexibility index (Phi) is 4.65. The summed E-state index contributed by atoms with van der Waals surface area (Å²) in [6, 6.07) is 9.64. The number of carbonyl (C=O) groups excluding carboxylic acids is 1. The van der Waals surface area contributed by atoms with Crippen LogP contribution in [0, 0.1) is 13.8 Å². The zero-order chi connectivity index (χ0) is 14.7. The molecule has 0 aliphatic rings. The first-order valence-electron chi connectivity index (χ1n) is 6.65. The number of nitrogens with zero attached hydrogens (tertiary/aromatic N) is 1. The van der Waals surface area contributed by atoms with Gasteiger partial charge in [0.05, 0.1) is 5.56 Å². The van der Waals surface area contributed by atoms with Crippen LogP contribution in [0.1, 0.15) is 27.3 Å². The Bertz CT molecular complexity index is 631. The number of rotatable bonds is 4. The number of halogens is 1. The van der Waals surface area contributed by atoms with Crippen molar-refractivity contribution in [2.75, 3.05) is 6.54 Å². The third kappa shape index (κ3) is 3.12. The smallest absolute Gasteiger partial charge is 0.252 e. The van der Waals surface area contributed by atoms with Crippen LogP contribution >= 0.6 is 15.9 Å². The van der Waals surface area contributed by atoms with Gasteiger partial charge in [-0.2, -0.15) is 0 Å². The number of nitrogens with one attached hydrogen (secondary N) is 1. The predicted molar refractivity (Wildman–Crippen MR) is 85.1 cm³/mol. The number of aromatic nitrogens is 1. The molecule has 0 unspecified atom stereocenters. The monoisotopic (exact) mass is 334 g/mol. The molecule has 0 saturated carbocycles. The SMILES string of the molecule is Cc1cc(CCNC(=O)c2ccccc2Br)c(C)n1C. The minimum Gasteiger partial charge on any atom is -0.352 e. The number of amides is 1. The molecule has 3 nitrogen and oxygen atoms in total. The van der Waals surface area contributed by atoms with Crippen molar-refractivity contribution < 1.29 is 4.79 Å². The van der Waals surface area contributed by atoms with E-state index in [2.05, 4.69) is 52.8 Å². The van der Waals surface area contributed by atoms with Crippen molar-refractivity contribution in [1.29, 1.82) is 0 Å². The fraction of sp³-hybridized carbons (Fsp3) is 0.312. The van der Waals surface area contributed by atoms with Gasteiger partial charge in [0.2, 0.25) is 0 Å². The van der Waals surface area contributed by atoms with Crippen molar-refractivity contribution in [3.05, 3.63) is 57.3 Å². The Morgan fingerprint density at radius 3 is 2.60 bits per heavy atom. The normalized spacial score (nSPS) is 10.6. The van der Waals surface area contributed by atoms with Crippen LogP contribution in [0.4, 0.5) is 0 Å². The molecule has 1 heterocycles. The molecule has 0 radical (unpaired) electrons. The molecule has 1 aromatic heterocycles. The van der Waals surface area contributed by atoms with Gasteiger partial charge in [-0.1, -0.05) is 12.1 Å². The molecular weight excluding hydrogens is 316 g/mol. The molecule has 0 saturated heterocycles. The lowest BCUT2D eigenvalue weighted by atomic mass is 10.1. The molecule has 2 rings (SSSR count). The second-order valence-electron chi connectivity index (χ2n) is 4.94. The van der Waals surface area contributed by atoms with Crippen LogP contribution in [-0.4, -0.2) is 17.0 Å². The molecule has 1 aromatic carbocycles. The van der Waals surface area contributed by atoms with Gasteiger partial charge in [-0.05, 0) is 60.0 Å². The van der Waals surface area contributed by atoms with Gasteiger partial charge >= 0.3 is 0 Å². The summed E-state index contributed by atoms with van der Waals surface area (Å²) in [5, 5.41) is 2.97. The number of hydrogen-bond acceptors (Lipinski definition) is 1.